The van der Waals surface area contributed by atoms with Gasteiger partial charge in [-0.25, -0.2) is 0 Å². The summed E-state index contributed by atoms with van der Waals surface area (Å²) in [6.45, 7) is 1.92. The van der Waals surface area contributed by atoms with Crippen molar-refractivity contribution < 1.29 is 9.90 Å². The fourth-order valence-corrected chi connectivity index (χ4v) is 4.44. The lowest BCUT2D eigenvalue weighted by Gasteiger charge is -2.30. The molecule has 0 aliphatic carbocycles. The average Bonchev–Trinajstić information content (AvgIpc) is 2.74. The first-order valence-electron chi connectivity index (χ1n) is 7.20. The SMILES string of the molecule is CC1(CC(=O)O)Nc2cccc(N)c2C1Sc1ccc(Cl)cc1. The van der Waals surface area contributed by atoms with Gasteiger partial charge in [-0.3, -0.25) is 4.79 Å². The molecule has 6 heteroatoms. The second kappa shape index (κ2) is 5.98. The van der Waals surface area contributed by atoms with E-state index in [9.17, 15) is 9.90 Å². The summed E-state index contributed by atoms with van der Waals surface area (Å²) in [5.74, 6) is -0.840. The molecule has 2 unspecified atom stereocenters. The molecular formula is C17H17ClN2O2S. The molecule has 1 aliphatic rings. The molecule has 0 radical (unpaired) electrons. The third-order valence-corrected chi connectivity index (χ3v) is 5.77. The summed E-state index contributed by atoms with van der Waals surface area (Å²) < 4.78 is 0. The molecule has 4 nitrogen and oxygen atoms in total. The molecule has 2 aromatic rings. The number of hydrogen-bond acceptors (Lipinski definition) is 4. The first-order chi connectivity index (χ1) is 10.9. The smallest absolute Gasteiger partial charge is 0.305 e. The molecule has 0 bridgehead atoms. The van der Waals surface area contributed by atoms with Crippen LogP contribution in [0.15, 0.2) is 47.4 Å². The van der Waals surface area contributed by atoms with Gasteiger partial charge in [-0.1, -0.05) is 17.7 Å². The van der Waals surface area contributed by atoms with E-state index in [-0.39, 0.29) is 11.7 Å². The Hall–Kier alpha value is -1.85. The lowest BCUT2D eigenvalue weighted by Crippen LogP contribution is -2.37. The van der Waals surface area contributed by atoms with Gasteiger partial charge in [0.15, 0.2) is 0 Å². The van der Waals surface area contributed by atoms with Crippen LogP contribution >= 0.6 is 23.4 Å². The van der Waals surface area contributed by atoms with Gasteiger partial charge in [0.25, 0.3) is 0 Å². The van der Waals surface area contributed by atoms with Crippen molar-refractivity contribution in [2.45, 2.75) is 29.0 Å². The van der Waals surface area contributed by atoms with E-state index in [0.717, 1.165) is 16.1 Å². The maximum absolute atomic E-state index is 11.3. The van der Waals surface area contributed by atoms with Gasteiger partial charge in [-0.2, -0.15) is 0 Å². The minimum atomic E-state index is -0.840. The van der Waals surface area contributed by atoms with Crippen molar-refractivity contribution in [3.05, 3.63) is 53.1 Å². The van der Waals surface area contributed by atoms with Crippen molar-refractivity contribution in [3.8, 4) is 0 Å². The van der Waals surface area contributed by atoms with Gasteiger partial charge in [-0.05, 0) is 43.3 Å². The Labute approximate surface area is 144 Å². The molecule has 4 N–H and O–H groups in total. The summed E-state index contributed by atoms with van der Waals surface area (Å²) in [6, 6.07) is 13.2. The molecule has 120 valence electrons. The van der Waals surface area contributed by atoms with E-state index in [1.165, 1.54) is 0 Å². The first-order valence-corrected chi connectivity index (χ1v) is 8.45. The lowest BCUT2D eigenvalue weighted by molar-refractivity contribution is -0.138. The number of benzene rings is 2. The Balaban J connectivity index is 2.01. The zero-order chi connectivity index (χ0) is 16.6. The summed E-state index contributed by atoms with van der Waals surface area (Å²) in [5.41, 5.74) is 8.10. The fraction of sp³-hybridized carbons (Fsp3) is 0.235. The van der Waals surface area contributed by atoms with Crippen molar-refractivity contribution in [1.82, 2.24) is 0 Å². The van der Waals surface area contributed by atoms with E-state index in [2.05, 4.69) is 5.32 Å². The molecule has 0 spiro atoms. The molecule has 1 aliphatic heterocycles. The highest BCUT2D eigenvalue weighted by atomic mass is 35.5. The van der Waals surface area contributed by atoms with Crippen molar-refractivity contribution in [2.75, 3.05) is 11.1 Å². The van der Waals surface area contributed by atoms with E-state index in [1.807, 2.05) is 49.4 Å². The van der Waals surface area contributed by atoms with Gasteiger partial charge >= 0.3 is 5.97 Å². The molecule has 0 saturated carbocycles. The van der Waals surface area contributed by atoms with Crippen LogP contribution in [0.1, 0.15) is 24.2 Å². The number of carbonyl (C=O) groups is 1. The number of aliphatic carboxylic acids is 1. The lowest BCUT2D eigenvalue weighted by atomic mass is 9.92. The molecule has 23 heavy (non-hydrogen) atoms. The van der Waals surface area contributed by atoms with Gasteiger partial charge in [0.1, 0.15) is 0 Å². The van der Waals surface area contributed by atoms with Crippen molar-refractivity contribution in [3.63, 3.8) is 0 Å². The number of hydrogen-bond donors (Lipinski definition) is 3. The number of anilines is 2. The predicted octanol–water partition coefficient (Wildman–Crippen LogP) is 4.41. The van der Waals surface area contributed by atoms with Gasteiger partial charge in [-0.15, -0.1) is 11.8 Å². The Bertz CT molecular complexity index is 751. The molecule has 2 atom stereocenters. The quantitative estimate of drug-likeness (QED) is 0.713. The van der Waals surface area contributed by atoms with Crippen LogP contribution in [0.4, 0.5) is 11.4 Å². The van der Waals surface area contributed by atoms with Gasteiger partial charge < -0.3 is 16.2 Å². The van der Waals surface area contributed by atoms with E-state index < -0.39 is 11.5 Å². The standard InChI is InChI=1S/C17H17ClN2O2S/c1-17(9-14(21)22)16(23-11-7-5-10(18)6-8-11)15-12(19)3-2-4-13(15)20-17/h2-8,16,20H,9,19H2,1H3,(H,21,22). The minimum Gasteiger partial charge on any atom is -0.481 e. The summed E-state index contributed by atoms with van der Waals surface area (Å²) in [6.07, 6.45) is 0.00633. The topological polar surface area (TPSA) is 75.3 Å². The molecular weight excluding hydrogens is 332 g/mol. The van der Waals surface area contributed by atoms with E-state index in [1.54, 1.807) is 11.8 Å². The maximum Gasteiger partial charge on any atom is 0.305 e. The third-order valence-electron chi connectivity index (χ3n) is 3.99. The van der Waals surface area contributed by atoms with Crippen LogP contribution < -0.4 is 11.1 Å². The molecule has 0 fully saturated rings. The van der Waals surface area contributed by atoms with E-state index in [0.29, 0.717) is 10.7 Å². The monoisotopic (exact) mass is 348 g/mol. The van der Waals surface area contributed by atoms with Gasteiger partial charge in [0.05, 0.1) is 17.2 Å². The highest BCUT2D eigenvalue weighted by molar-refractivity contribution is 7.99. The van der Waals surface area contributed by atoms with Crippen LogP contribution in [0.5, 0.6) is 0 Å². The number of carboxylic acid groups (broad SMARTS) is 1. The second-order valence-electron chi connectivity index (χ2n) is 5.87. The van der Waals surface area contributed by atoms with Crippen LogP contribution in [-0.2, 0) is 4.79 Å². The van der Waals surface area contributed by atoms with Crippen LogP contribution in [-0.4, -0.2) is 16.6 Å². The molecule has 2 aromatic carbocycles. The summed E-state index contributed by atoms with van der Waals surface area (Å²) in [4.78, 5) is 12.4. The third kappa shape index (κ3) is 3.12. The van der Waals surface area contributed by atoms with Gasteiger partial charge in [0, 0.05) is 26.9 Å². The van der Waals surface area contributed by atoms with E-state index in [4.69, 9.17) is 17.3 Å². The largest absolute Gasteiger partial charge is 0.481 e. The number of fused-ring (bicyclic) bond motifs is 1. The highest BCUT2D eigenvalue weighted by Crippen LogP contribution is 2.54. The molecule has 0 amide bonds. The highest BCUT2D eigenvalue weighted by Gasteiger charge is 2.45. The van der Waals surface area contributed by atoms with Crippen molar-refractivity contribution in [1.29, 1.82) is 0 Å². The number of carboxylic acids is 1. The number of nitrogens with one attached hydrogen (secondary N) is 1. The Kier molecular flexibility index (Phi) is 4.17. The zero-order valence-corrected chi connectivity index (χ0v) is 14.1. The molecule has 0 aromatic heterocycles. The second-order valence-corrected chi connectivity index (χ2v) is 7.49. The molecule has 3 rings (SSSR count). The predicted molar refractivity (Wildman–Crippen MR) is 95.2 cm³/mol. The fourth-order valence-electron chi connectivity index (χ4n) is 2.97. The van der Waals surface area contributed by atoms with Crippen molar-refractivity contribution in [2.24, 2.45) is 0 Å². The Morgan fingerprint density at radius 3 is 2.70 bits per heavy atom. The summed E-state index contributed by atoms with van der Waals surface area (Å²) in [7, 11) is 0. The molecule has 1 heterocycles. The average molecular weight is 349 g/mol. The van der Waals surface area contributed by atoms with Crippen LogP contribution in [0.3, 0.4) is 0 Å². The number of nitrogen functional groups attached to an aromatic ring is 1. The van der Waals surface area contributed by atoms with Crippen LogP contribution in [0.25, 0.3) is 0 Å². The van der Waals surface area contributed by atoms with Crippen LogP contribution in [0, 0.1) is 0 Å². The number of thioether (sulfide) groups is 1. The molecule has 0 saturated heterocycles. The normalized spacial score (nSPS) is 22.4. The van der Waals surface area contributed by atoms with Gasteiger partial charge in [0.2, 0.25) is 0 Å². The minimum absolute atomic E-state index is 0.00633. The summed E-state index contributed by atoms with van der Waals surface area (Å²) in [5, 5.41) is 13.2. The maximum atomic E-state index is 11.3. The van der Waals surface area contributed by atoms with E-state index >= 15 is 0 Å². The number of rotatable bonds is 4. The van der Waals surface area contributed by atoms with Crippen LogP contribution in [0.2, 0.25) is 5.02 Å². The number of nitrogens with two attached hydrogens (primary N) is 1. The van der Waals surface area contributed by atoms with Crippen molar-refractivity contribution >= 4 is 40.7 Å². The number of halogens is 1. The Morgan fingerprint density at radius 2 is 2.04 bits per heavy atom. The zero-order valence-electron chi connectivity index (χ0n) is 12.5. The summed E-state index contributed by atoms with van der Waals surface area (Å²) >= 11 is 7.54. The first kappa shape index (κ1) is 16.0. The Morgan fingerprint density at radius 1 is 1.35 bits per heavy atom.